The van der Waals surface area contributed by atoms with Crippen LogP contribution in [0.25, 0.3) is 11.1 Å². The largest absolute Gasteiger partial charge is 0.497 e. The fraction of sp³-hybridized carbons (Fsp3) is 0.167. The molecule has 0 aliphatic carbocycles. The molecule has 31 heavy (non-hydrogen) atoms. The first kappa shape index (κ1) is 20.3. The Morgan fingerprint density at radius 3 is 2.16 bits per heavy atom. The van der Waals surface area contributed by atoms with Crippen molar-refractivity contribution in [1.82, 2.24) is 9.88 Å². The van der Waals surface area contributed by atoms with E-state index in [0.717, 1.165) is 10.5 Å². The van der Waals surface area contributed by atoms with E-state index >= 15 is 0 Å². The van der Waals surface area contributed by atoms with Gasteiger partial charge in [0, 0.05) is 0 Å². The summed E-state index contributed by atoms with van der Waals surface area (Å²) in [6.45, 7) is 1.87. The predicted octanol–water partition coefficient (Wildman–Crippen LogP) is 3.73. The zero-order chi connectivity index (χ0) is 22.0. The molecule has 0 fully saturated rings. The maximum atomic E-state index is 12.7. The van der Waals surface area contributed by atoms with Crippen LogP contribution in [0.5, 0.6) is 5.75 Å². The summed E-state index contributed by atoms with van der Waals surface area (Å²) >= 11 is 0. The second-order valence-corrected chi connectivity index (χ2v) is 6.92. The molecule has 0 spiro atoms. The Hall–Kier alpha value is -4.00. The van der Waals surface area contributed by atoms with Crippen molar-refractivity contribution in [3.8, 4) is 16.9 Å². The number of carbonyl (C=O) groups is 3. The van der Waals surface area contributed by atoms with E-state index in [2.05, 4.69) is 4.98 Å². The number of nitrogens with zero attached hydrogens (tertiary/aromatic N) is 2. The van der Waals surface area contributed by atoms with E-state index in [9.17, 15) is 14.4 Å². The first-order valence-electron chi connectivity index (χ1n) is 9.79. The van der Waals surface area contributed by atoms with Gasteiger partial charge in [-0.05, 0) is 54.4 Å². The Balaban J connectivity index is 1.71. The summed E-state index contributed by atoms with van der Waals surface area (Å²) in [5.41, 5.74) is 2.80. The summed E-state index contributed by atoms with van der Waals surface area (Å²) in [7, 11) is 1.58. The van der Waals surface area contributed by atoms with E-state index in [1.165, 1.54) is 0 Å². The molecule has 1 aliphatic rings. The summed E-state index contributed by atoms with van der Waals surface area (Å²) in [6.07, 6.45) is 0. The van der Waals surface area contributed by atoms with Crippen LogP contribution >= 0.6 is 0 Å². The van der Waals surface area contributed by atoms with Gasteiger partial charge in [0.25, 0.3) is 11.8 Å². The SMILES string of the molecule is CCOC(=O)c1cc(-c2ccc(OC)cc2)cc(CN2C(=O)c3ccccc3C2=O)n1. The summed E-state index contributed by atoms with van der Waals surface area (Å²) in [5, 5.41) is 0. The lowest BCUT2D eigenvalue weighted by molar-refractivity contribution is 0.0519. The van der Waals surface area contributed by atoms with E-state index in [0.29, 0.717) is 28.1 Å². The molecule has 1 aromatic heterocycles. The van der Waals surface area contributed by atoms with Gasteiger partial charge in [-0.3, -0.25) is 14.5 Å². The smallest absolute Gasteiger partial charge is 0.356 e. The van der Waals surface area contributed by atoms with Crippen molar-refractivity contribution in [3.63, 3.8) is 0 Å². The Morgan fingerprint density at radius 1 is 0.935 bits per heavy atom. The molecule has 2 aromatic carbocycles. The molecule has 7 heteroatoms. The topological polar surface area (TPSA) is 85.8 Å². The number of rotatable bonds is 6. The lowest BCUT2D eigenvalue weighted by atomic mass is 10.0. The number of aromatic nitrogens is 1. The molecule has 3 aromatic rings. The average molecular weight is 416 g/mol. The van der Waals surface area contributed by atoms with Crippen LogP contribution in [0.15, 0.2) is 60.7 Å². The van der Waals surface area contributed by atoms with Crippen molar-refractivity contribution in [1.29, 1.82) is 0 Å². The first-order valence-corrected chi connectivity index (χ1v) is 9.79. The number of methoxy groups -OCH3 is 1. The van der Waals surface area contributed by atoms with Crippen LogP contribution < -0.4 is 4.74 Å². The standard InChI is InChI=1S/C24H20N2O5/c1-3-31-24(29)21-13-16(15-8-10-18(30-2)11-9-15)12-17(25-21)14-26-22(27)19-6-4-5-7-20(19)23(26)28/h4-13H,3,14H2,1-2H3. The monoisotopic (exact) mass is 416 g/mol. The minimum atomic E-state index is -0.568. The summed E-state index contributed by atoms with van der Waals surface area (Å²) < 4.78 is 10.3. The molecule has 0 saturated carbocycles. The molecular formula is C24H20N2O5. The second-order valence-electron chi connectivity index (χ2n) is 6.92. The number of hydrogen-bond donors (Lipinski definition) is 0. The average Bonchev–Trinajstić information content (AvgIpc) is 3.04. The maximum absolute atomic E-state index is 12.7. The Labute approximate surface area is 179 Å². The summed E-state index contributed by atoms with van der Waals surface area (Å²) in [6, 6.07) is 17.4. The quantitative estimate of drug-likeness (QED) is 0.450. The highest BCUT2D eigenvalue weighted by Crippen LogP contribution is 2.27. The molecule has 0 radical (unpaired) electrons. The Kier molecular flexibility index (Phi) is 5.49. The van der Waals surface area contributed by atoms with Gasteiger partial charge in [-0.1, -0.05) is 24.3 Å². The number of hydrogen-bond acceptors (Lipinski definition) is 6. The van der Waals surface area contributed by atoms with Crippen LogP contribution in [0.3, 0.4) is 0 Å². The number of imide groups is 1. The molecule has 1 aliphatic heterocycles. The fourth-order valence-corrected chi connectivity index (χ4v) is 3.47. The van der Waals surface area contributed by atoms with Crippen LogP contribution in [0, 0.1) is 0 Å². The van der Waals surface area contributed by atoms with E-state index in [-0.39, 0.29) is 30.7 Å². The van der Waals surface area contributed by atoms with Gasteiger partial charge in [0.15, 0.2) is 0 Å². The summed E-state index contributed by atoms with van der Waals surface area (Å²) in [5.74, 6) is -0.624. The van der Waals surface area contributed by atoms with Crippen LogP contribution in [-0.4, -0.2) is 41.4 Å². The minimum Gasteiger partial charge on any atom is -0.497 e. The molecule has 4 rings (SSSR count). The third-order valence-corrected chi connectivity index (χ3v) is 4.98. The minimum absolute atomic E-state index is 0.0528. The highest BCUT2D eigenvalue weighted by molar-refractivity contribution is 6.21. The number of carbonyl (C=O) groups excluding carboxylic acids is 3. The van der Waals surface area contributed by atoms with Crippen LogP contribution in [0.4, 0.5) is 0 Å². The zero-order valence-electron chi connectivity index (χ0n) is 17.1. The molecule has 0 unspecified atom stereocenters. The lowest BCUT2D eigenvalue weighted by Gasteiger charge is -2.15. The first-order chi connectivity index (χ1) is 15.0. The molecule has 156 valence electrons. The van der Waals surface area contributed by atoms with Crippen molar-refractivity contribution in [2.75, 3.05) is 13.7 Å². The number of fused-ring (bicyclic) bond motifs is 1. The molecular weight excluding hydrogens is 396 g/mol. The number of pyridine rings is 1. The molecule has 2 amide bonds. The van der Waals surface area contributed by atoms with Gasteiger partial charge in [0.05, 0.1) is 37.1 Å². The van der Waals surface area contributed by atoms with Gasteiger partial charge in [-0.15, -0.1) is 0 Å². The van der Waals surface area contributed by atoms with Gasteiger partial charge >= 0.3 is 5.97 Å². The fourth-order valence-electron chi connectivity index (χ4n) is 3.47. The van der Waals surface area contributed by atoms with Crippen molar-refractivity contribution < 1.29 is 23.9 Å². The van der Waals surface area contributed by atoms with Gasteiger partial charge in [0.1, 0.15) is 11.4 Å². The molecule has 0 saturated heterocycles. The van der Waals surface area contributed by atoms with E-state index in [1.54, 1.807) is 50.4 Å². The normalized spacial score (nSPS) is 12.6. The molecule has 0 atom stereocenters. The molecule has 0 N–H and O–H groups in total. The Morgan fingerprint density at radius 2 is 1.58 bits per heavy atom. The third kappa shape index (κ3) is 3.90. The van der Waals surface area contributed by atoms with Crippen molar-refractivity contribution in [2.24, 2.45) is 0 Å². The van der Waals surface area contributed by atoms with Gasteiger partial charge in [-0.25, -0.2) is 9.78 Å². The molecule has 2 heterocycles. The van der Waals surface area contributed by atoms with Crippen LogP contribution in [-0.2, 0) is 11.3 Å². The van der Waals surface area contributed by atoms with Crippen molar-refractivity contribution in [2.45, 2.75) is 13.5 Å². The third-order valence-electron chi connectivity index (χ3n) is 4.98. The number of benzene rings is 2. The zero-order valence-corrected chi connectivity index (χ0v) is 17.1. The number of amides is 2. The van der Waals surface area contributed by atoms with Crippen molar-refractivity contribution >= 4 is 17.8 Å². The van der Waals surface area contributed by atoms with Gasteiger partial charge in [-0.2, -0.15) is 0 Å². The number of esters is 1. The van der Waals surface area contributed by atoms with Gasteiger partial charge in [0.2, 0.25) is 0 Å². The van der Waals surface area contributed by atoms with Gasteiger partial charge < -0.3 is 9.47 Å². The van der Waals surface area contributed by atoms with E-state index in [4.69, 9.17) is 9.47 Å². The molecule has 0 bridgehead atoms. The maximum Gasteiger partial charge on any atom is 0.356 e. The van der Waals surface area contributed by atoms with Crippen molar-refractivity contribution in [3.05, 3.63) is 83.2 Å². The Bertz CT molecular complexity index is 1140. The highest BCUT2D eigenvalue weighted by Gasteiger charge is 2.35. The number of ether oxygens (including phenoxy) is 2. The highest BCUT2D eigenvalue weighted by atomic mass is 16.5. The van der Waals surface area contributed by atoms with Crippen LogP contribution in [0.1, 0.15) is 43.8 Å². The predicted molar refractivity (Wildman–Crippen MR) is 113 cm³/mol. The summed E-state index contributed by atoms with van der Waals surface area (Å²) in [4.78, 5) is 43.3. The van der Waals surface area contributed by atoms with Crippen LogP contribution in [0.2, 0.25) is 0 Å². The second kappa shape index (κ2) is 8.39. The van der Waals surface area contributed by atoms with E-state index < -0.39 is 5.97 Å². The lowest BCUT2D eigenvalue weighted by Crippen LogP contribution is -2.29. The molecule has 7 nitrogen and oxygen atoms in total. The van der Waals surface area contributed by atoms with E-state index in [1.807, 2.05) is 24.3 Å².